The quantitative estimate of drug-likeness (QED) is 0.511. The lowest BCUT2D eigenvalue weighted by Crippen LogP contribution is -2.32. The highest BCUT2D eigenvalue weighted by molar-refractivity contribution is 5.90. The Morgan fingerprint density at radius 3 is 2.74 bits per heavy atom. The summed E-state index contributed by atoms with van der Waals surface area (Å²) < 4.78 is 0. The van der Waals surface area contributed by atoms with Crippen LogP contribution in [0.3, 0.4) is 0 Å². The molecule has 6 nitrogen and oxygen atoms in total. The topological polar surface area (TPSA) is 89.3 Å². The minimum atomic E-state index is -1.02. The summed E-state index contributed by atoms with van der Waals surface area (Å²) in [6.45, 7) is 4.03. The summed E-state index contributed by atoms with van der Waals surface area (Å²) in [5, 5.41) is 12.6. The van der Waals surface area contributed by atoms with Crippen molar-refractivity contribution >= 4 is 17.3 Å². The van der Waals surface area contributed by atoms with E-state index in [0.717, 1.165) is 31.6 Å². The van der Waals surface area contributed by atoms with Crippen LogP contribution in [-0.2, 0) is 0 Å². The average Bonchev–Trinajstić information content (AvgIpc) is 2.40. The van der Waals surface area contributed by atoms with Crippen LogP contribution in [0, 0.1) is 5.92 Å². The van der Waals surface area contributed by atoms with Gasteiger partial charge in [-0.2, -0.15) is 0 Å². The number of anilines is 1. The molecule has 0 bridgehead atoms. The SMILES string of the molecule is CC1CCN(c2ccc(C(=O)O)cc2N=[N+]=[N-])CC1. The van der Waals surface area contributed by atoms with Crippen LogP contribution < -0.4 is 4.90 Å². The van der Waals surface area contributed by atoms with Gasteiger partial charge in [0.2, 0.25) is 0 Å². The van der Waals surface area contributed by atoms with Crippen LogP contribution >= 0.6 is 0 Å². The second kappa shape index (κ2) is 5.63. The first-order valence-electron chi connectivity index (χ1n) is 6.29. The van der Waals surface area contributed by atoms with Crippen LogP contribution in [0.5, 0.6) is 0 Å². The van der Waals surface area contributed by atoms with Gasteiger partial charge in [-0.25, -0.2) is 4.79 Å². The van der Waals surface area contributed by atoms with E-state index in [9.17, 15) is 4.79 Å². The molecule has 1 heterocycles. The van der Waals surface area contributed by atoms with Crippen molar-refractivity contribution in [1.82, 2.24) is 0 Å². The maximum absolute atomic E-state index is 10.9. The molecule has 1 aromatic carbocycles. The number of carboxylic acids is 1. The number of azide groups is 1. The fourth-order valence-corrected chi connectivity index (χ4v) is 2.30. The summed E-state index contributed by atoms with van der Waals surface area (Å²) in [6.07, 6.45) is 2.19. The van der Waals surface area contributed by atoms with E-state index >= 15 is 0 Å². The number of benzene rings is 1. The number of carboxylic acid groups (broad SMARTS) is 1. The van der Waals surface area contributed by atoms with Crippen LogP contribution in [0.4, 0.5) is 11.4 Å². The maximum atomic E-state index is 10.9. The zero-order chi connectivity index (χ0) is 13.8. The Kier molecular flexibility index (Phi) is 3.92. The van der Waals surface area contributed by atoms with Crippen LogP contribution in [0.2, 0.25) is 0 Å². The lowest BCUT2D eigenvalue weighted by Gasteiger charge is -2.33. The number of rotatable bonds is 3. The molecule has 1 aliphatic rings. The Labute approximate surface area is 111 Å². The van der Waals surface area contributed by atoms with Gasteiger partial charge in [-0.1, -0.05) is 12.0 Å². The molecule has 2 rings (SSSR count). The van der Waals surface area contributed by atoms with Gasteiger partial charge in [0.25, 0.3) is 0 Å². The van der Waals surface area contributed by atoms with E-state index in [1.54, 1.807) is 12.1 Å². The standard InChI is InChI=1S/C13H16N4O2/c1-9-4-6-17(7-5-9)12-3-2-10(13(18)19)8-11(12)15-16-14/h2-3,8-9H,4-7H2,1H3,(H,18,19). The second-order valence-electron chi connectivity index (χ2n) is 4.87. The van der Waals surface area contributed by atoms with Crippen molar-refractivity contribution in [3.8, 4) is 0 Å². The fourth-order valence-electron chi connectivity index (χ4n) is 2.30. The van der Waals surface area contributed by atoms with Crippen molar-refractivity contribution in [1.29, 1.82) is 0 Å². The molecule has 1 fully saturated rings. The first-order valence-corrected chi connectivity index (χ1v) is 6.29. The van der Waals surface area contributed by atoms with Gasteiger partial charge in [-0.05, 0) is 42.5 Å². The molecule has 6 heteroatoms. The molecule has 0 saturated carbocycles. The molecular weight excluding hydrogens is 244 g/mol. The van der Waals surface area contributed by atoms with Crippen LogP contribution in [-0.4, -0.2) is 24.2 Å². The molecule has 0 aromatic heterocycles. The van der Waals surface area contributed by atoms with E-state index in [2.05, 4.69) is 21.8 Å². The Bertz CT molecular complexity index is 529. The van der Waals surface area contributed by atoms with Crippen LogP contribution in [0.15, 0.2) is 23.3 Å². The number of hydrogen-bond acceptors (Lipinski definition) is 3. The van der Waals surface area contributed by atoms with Gasteiger partial charge >= 0.3 is 5.97 Å². The predicted molar refractivity (Wildman–Crippen MR) is 72.8 cm³/mol. The largest absolute Gasteiger partial charge is 0.478 e. The summed E-state index contributed by atoms with van der Waals surface area (Å²) >= 11 is 0. The van der Waals surface area contributed by atoms with E-state index in [-0.39, 0.29) is 5.56 Å². The predicted octanol–water partition coefficient (Wildman–Crippen LogP) is 3.56. The maximum Gasteiger partial charge on any atom is 0.335 e. The molecule has 19 heavy (non-hydrogen) atoms. The third-order valence-corrected chi connectivity index (χ3v) is 3.50. The van der Waals surface area contributed by atoms with E-state index in [1.165, 1.54) is 6.07 Å². The lowest BCUT2D eigenvalue weighted by molar-refractivity contribution is 0.0697. The number of hydrogen-bond donors (Lipinski definition) is 1. The molecule has 0 amide bonds. The molecule has 0 atom stereocenters. The summed E-state index contributed by atoms with van der Waals surface area (Å²) in [5.41, 5.74) is 9.94. The molecule has 0 spiro atoms. The van der Waals surface area contributed by atoms with Crippen molar-refractivity contribution in [2.75, 3.05) is 18.0 Å². The zero-order valence-corrected chi connectivity index (χ0v) is 10.8. The molecular formula is C13H16N4O2. The van der Waals surface area contributed by atoms with E-state index in [1.807, 2.05) is 0 Å². The van der Waals surface area contributed by atoms with Crippen molar-refractivity contribution in [2.24, 2.45) is 11.0 Å². The number of piperidine rings is 1. The highest BCUT2D eigenvalue weighted by atomic mass is 16.4. The summed E-state index contributed by atoms with van der Waals surface area (Å²) in [6, 6.07) is 4.70. The van der Waals surface area contributed by atoms with Gasteiger partial charge in [0.1, 0.15) is 0 Å². The molecule has 0 radical (unpaired) electrons. The molecule has 1 aliphatic heterocycles. The highest BCUT2D eigenvalue weighted by Crippen LogP contribution is 2.33. The molecule has 0 unspecified atom stereocenters. The summed E-state index contributed by atoms with van der Waals surface area (Å²) in [4.78, 5) is 15.9. The second-order valence-corrected chi connectivity index (χ2v) is 4.87. The van der Waals surface area contributed by atoms with Gasteiger partial charge in [0.05, 0.1) is 11.3 Å². The number of nitrogens with zero attached hydrogens (tertiary/aromatic N) is 4. The van der Waals surface area contributed by atoms with Crippen molar-refractivity contribution in [3.63, 3.8) is 0 Å². The van der Waals surface area contributed by atoms with Gasteiger partial charge in [0, 0.05) is 23.7 Å². The molecule has 1 N–H and O–H groups in total. The van der Waals surface area contributed by atoms with E-state index in [0.29, 0.717) is 11.6 Å². The van der Waals surface area contributed by atoms with E-state index in [4.69, 9.17) is 10.6 Å². The molecule has 100 valence electrons. The minimum Gasteiger partial charge on any atom is -0.478 e. The van der Waals surface area contributed by atoms with Gasteiger partial charge in [-0.15, -0.1) is 0 Å². The molecule has 0 aliphatic carbocycles. The minimum absolute atomic E-state index is 0.136. The van der Waals surface area contributed by atoms with Crippen molar-refractivity contribution < 1.29 is 9.90 Å². The van der Waals surface area contributed by atoms with Gasteiger partial charge < -0.3 is 10.0 Å². The lowest BCUT2D eigenvalue weighted by atomic mass is 9.98. The van der Waals surface area contributed by atoms with Crippen LogP contribution in [0.1, 0.15) is 30.1 Å². The van der Waals surface area contributed by atoms with Crippen LogP contribution in [0.25, 0.3) is 10.4 Å². The smallest absolute Gasteiger partial charge is 0.335 e. The monoisotopic (exact) mass is 260 g/mol. The third kappa shape index (κ3) is 2.98. The number of aromatic carboxylic acids is 1. The fraction of sp³-hybridized carbons (Fsp3) is 0.462. The average molecular weight is 260 g/mol. The zero-order valence-electron chi connectivity index (χ0n) is 10.8. The Morgan fingerprint density at radius 1 is 1.47 bits per heavy atom. The van der Waals surface area contributed by atoms with Crippen molar-refractivity contribution in [2.45, 2.75) is 19.8 Å². The third-order valence-electron chi connectivity index (χ3n) is 3.50. The summed E-state index contributed by atoms with van der Waals surface area (Å²) in [7, 11) is 0. The highest BCUT2D eigenvalue weighted by Gasteiger charge is 2.18. The number of carbonyl (C=O) groups is 1. The summed E-state index contributed by atoms with van der Waals surface area (Å²) in [5.74, 6) is -0.314. The Balaban J connectivity index is 2.33. The van der Waals surface area contributed by atoms with E-state index < -0.39 is 5.97 Å². The molecule has 1 aromatic rings. The Morgan fingerprint density at radius 2 is 2.16 bits per heavy atom. The Hall–Kier alpha value is -2.20. The normalized spacial score (nSPS) is 15.9. The first-order chi connectivity index (χ1) is 9.11. The van der Waals surface area contributed by atoms with Gasteiger partial charge in [0.15, 0.2) is 0 Å². The first kappa shape index (κ1) is 13.2. The van der Waals surface area contributed by atoms with Crippen molar-refractivity contribution in [3.05, 3.63) is 34.2 Å². The van der Waals surface area contributed by atoms with Gasteiger partial charge in [-0.3, -0.25) is 0 Å². The molecule has 1 saturated heterocycles.